The van der Waals surface area contributed by atoms with Crippen molar-refractivity contribution >= 4 is 5.69 Å². The van der Waals surface area contributed by atoms with E-state index in [1.54, 1.807) is 10.6 Å². The molecule has 1 aliphatic heterocycles. The average molecular weight is 408 g/mol. The largest absolute Gasteiger partial charge is 0.416 e. The molecule has 5 nitrogen and oxygen atoms in total. The van der Waals surface area contributed by atoms with E-state index in [1.807, 2.05) is 30.9 Å². The van der Waals surface area contributed by atoms with Crippen LogP contribution in [0.2, 0.25) is 0 Å². The molecule has 8 heteroatoms. The van der Waals surface area contributed by atoms with Gasteiger partial charge in [0.1, 0.15) is 0 Å². The Kier molecular flexibility index (Phi) is 6.52. The van der Waals surface area contributed by atoms with Gasteiger partial charge in [-0.3, -0.25) is 9.47 Å². The molecular formula is C21H27F3N4O. The van der Waals surface area contributed by atoms with E-state index in [0.717, 1.165) is 37.1 Å². The van der Waals surface area contributed by atoms with Gasteiger partial charge in [0.15, 0.2) is 0 Å². The Morgan fingerprint density at radius 2 is 1.86 bits per heavy atom. The number of piperazine rings is 1. The molecule has 1 aromatic heterocycles. The number of halogens is 3. The Balaban J connectivity index is 1.56. The summed E-state index contributed by atoms with van der Waals surface area (Å²) in [7, 11) is 0. The number of imidazole rings is 1. The van der Waals surface area contributed by atoms with E-state index in [1.165, 1.54) is 12.1 Å². The first-order valence-corrected chi connectivity index (χ1v) is 9.83. The fourth-order valence-electron chi connectivity index (χ4n) is 3.66. The highest BCUT2D eigenvalue weighted by Crippen LogP contribution is 2.31. The fourth-order valence-corrected chi connectivity index (χ4v) is 3.66. The minimum Gasteiger partial charge on any atom is -0.369 e. The van der Waals surface area contributed by atoms with Crippen LogP contribution in [0.5, 0.6) is 0 Å². The summed E-state index contributed by atoms with van der Waals surface area (Å²) in [6.45, 7) is 8.05. The number of nitrogens with one attached hydrogen (secondary N) is 1. The summed E-state index contributed by atoms with van der Waals surface area (Å²) in [5, 5.41) is 0. The molecule has 1 aromatic carbocycles. The molecule has 0 radical (unpaired) electrons. The molecule has 2 aromatic rings. The number of nitrogens with zero attached hydrogens (tertiary/aromatic N) is 3. The highest BCUT2D eigenvalue weighted by Gasteiger charge is 2.31. The van der Waals surface area contributed by atoms with Crippen molar-refractivity contribution in [3.8, 4) is 0 Å². The maximum Gasteiger partial charge on any atom is 0.416 e. The topological polar surface area (TPSA) is 44.3 Å². The van der Waals surface area contributed by atoms with E-state index in [0.29, 0.717) is 31.7 Å². The van der Waals surface area contributed by atoms with Crippen molar-refractivity contribution in [1.29, 1.82) is 0 Å². The van der Waals surface area contributed by atoms with Gasteiger partial charge in [-0.05, 0) is 32.0 Å². The first-order valence-electron chi connectivity index (χ1n) is 9.83. The van der Waals surface area contributed by atoms with E-state index < -0.39 is 11.7 Å². The molecule has 0 amide bonds. The van der Waals surface area contributed by atoms with Crippen molar-refractivity contribution in [2.75, 3.05) is 37.6 Å². The van der Waals surface area contributed by atoms with Crippen molar-refractivity contribution in [2.24, 2.45) is 0 Å². The maximum absolute atomic E-state index is 12.9. The normalized spacial score (nSPS) is 16.1. The highest BCUT2D eigenvalue weighted by molar-refractivity contribution is 5.49. The van der Waals surface area contributed by atoms with Gasteiger partial charge >= 0.3 is 11.9 Å². The van der Waals surface area contributed by atoms with Gasteiger partial charge < -0.3 is 9.88 Å². The van der Waals surface area contributed by atoms with Gasteiger partial charge in [-0.2, -0.15) is 13.2 Å². The summed E-state index contributed by atoms with van der Waals surface area (Å²) in [5.41, 5.74) is 1.78. The van der Waals surface area contributed by atoms with Crippen molar-refractivity contribution < 1.29 is 13.2 Å². The van der Waals surface area contributed by atoms with Crippen LogP contribution in [-0.4, -0.2) is 47.2 Å². The molecule has 29 heavy (non-hydrogen) atoms. The zero-order valence-electron chi connectivity index (χ0n) is 16.8. The van der Waals surface area contributed by atoms with Gasteiger partial charge in [-0.15, -0.1) is 0 Å². The Labute approximate surface area is 168 Å². The van der Waals surface area contributed by atoms with Crippen LogP contribution in [0.15, 0.2) is 41.2 Å². The SMILES string of the molecule is C/C=C\Cc1[nH]c(=O)n(CCN2CCN(c3cccc(C(F)(F)F)c3)CC2)c1C. The Morgan fingerprint density at radius 3 is 2.52 bits per heavy atom. The van der Waals surface area contributed by atoms with Crippen LogP contribution in [0, 0.1) is 6.92 Å². The number of benzene rings is 1. The standard InChI is InChI=1S/C21H27F3N4O/c1-3-4-8-19-16(2)28(20(29)25-19)14-11-26-9-12-27(13-10-26)18-7-5-6-17(15-18)21(22,23)24/h3-7,15H,8-14H2,1-2H3,(H,25,29)/b4-3-. The summed E-state index contributed by atoms with van der Waals surface area (Å²) in [4.78, 5) is 19.4. The third-order valence-electron chi connectivity index (χ3n) is 5.45. The number of alkyl halides is 3. The van der Waals surface area contributed by atoms with Gasteiger partial charge in [-0.25, -0.2) is 4.79 Å². The van der Waals surface area contributed by atoms with E-state index in [-0.39, 0.29) is 5.69 Å². The lowest BCUT2D eigenvalue weighted by Gasteiger charge is -2.36. The highest BCUT2D eigenvalue weighted by atomic mass is 19.4. The van der Waals surface area contributed by atoms with E-state index in [4.69, 9.17) is 0 Å². The molecule has 1 N–H and O–H groups in total. The molecule has 0 aliphatic carbocycles. The predicted molar refractivity (Wildman–Crippen MR) is 108 cm³/mol. The number of aromatic nitrogens is 2. The van der Waals surface area contributed by atoms with Crippen LogP contribution in [-0.2, 0) is 19.1 Å². The smallest absolute Gasteiger partial charge is 0.369 e. The Bertz CT molecular complexity index is 905. The third-order valence-corrected chi connectivity index (χ3v) is 5.45. The second-order valence-corrected chi connectivity index (χ2v) is 7.30. The quantitative estimate of drug-likeness (QED) is 0.745. The lowest BCUT2D eigenvalue weighted by molar-refractivity contribution is -0.137. The van der Waals surface area contributed by atoms with E-state index >= 15 is 0 Å². The summed E-state index contributed by atoms with van der Waals surface area (Å²) >= 11 is 0. The van der Waals surface area contributed by atoms with Gasteiger partial charge in [-0.1, -0.05) is 18.2 Å². The van der Waals surface area contributed by atoms with Crippen molar-refractivity contribution in [3.63, 3.8) is 0 Å². The van der Waals surface area contributed by atoms with Gasteiger partial charge in [0, 0.05) is 62.8 Å². The van der Waals surface area contributed by atoms with Gasteiger partial charge in [0.25, 0.3) is 0 Å². The molecule has 0 bridgehead atoms. The predicted octanol–water partition coefficient (Wildman–Crippen LogP) is 3.44. The number of rotatable bonds is 6. The zero-order valence-corrected chi connectivity index (χ0v) is 16.8. The molecule has 2 heterocycles. The van der Waals surface area contributed by atoms with Crippen LogP contribution in [0.3, 0.4) is 0 Å². The molecular weight excluding hydrogens is 381 g/mol. The molecule has 1 saturated heterocycles. The second kappa shape index (κ2) is 8.90. The molecule has 1 aliphatic rings. The molecule has 3 rings (SSSR count). The average Bonchev–Trinajstić information content (AvgIpc) is 2.97. The van der Waals surface area contributed by atoms with Gasteiger partial charge in [0.05, 0.1) is 5.56 Å². The Hall–Kier alpha value is -2.48. The number of hydrogen-bond donors (Lipinski definition) is 1. The molecule has 0 unspecified atom stereocenters. The molecule has 0 saturated carbocycles. The Morgan fingerprint density at radius 1 is 1.14 bits per heavy atom. The second-order valence-electron chi connectivity index (χ2n) is 7.30. The fraction of sp³-hybridized carbons (Fsp3) is 0.476. The van der Waals surface area contributed by atoms with Crippen molar-refractivity contribution in [2.45, 2.75) is 33.0 Å². The number of H-pyrrole nitrogens is 1. The lowest BCUT2D eigenvalue weighted by Crippen LogP contribution is -2.47. The molecule has 0 spiro atoms. The van der Waals surface area contributed by atoms with E-state index in [9.17, 15) is 18.0 Å². The van der Waals surface area contributed by atoms with Gasteiger partial charge in [0.2, 0.25) is 0 Å². The van der Waals surface area contributed by atoms with Crippen LogP contribution < -0.4 is 10.6 Å². The van der Waals surface area contributed by atoms with Crippen LogP contribution in [0.4, 0.5) is 18.9 Å². The minimum atomic E-state index is -4.33. The number of hydrogen-bond acceptors (Lipinski definition) is 3. The number of aromatic amines is 1. The summed E-state index contributed by atoms with van der Waals surface area (Å²) in [5.74, 6) is 0. The minimum absolute atomic E-state index is 0.0930. The summed E-state index contributed by atoms with van der Waals surface area (Å²) in [6, 6.07) is 5.49. The monoisotopic (exact) mass is 408 g/mol. The maximum atomic E-state index is 12.9. The van der Waals surface area contributed by atoms with E-state index in [2.05, 4.69) is 9.88 Å². The first-order chi connectivity index (χ1) is 13.8. The zero-order chi connectivity index (χ0) is 21.0. The number of allylic oxidation sites excluding steroid dienone is 2. The number of anilines is 1. The molecule has 158 valence electrons. The lowest BCUT2D eigenvalue weighted by atomic mass is 10.1. The van der Waals surface area contributed by atoms with Crippen LogP contribution in [0.25, 0.3) is 0 Å². The first kappa shape index (κ1) is 21.2. The third kappa shape index (κ3) is 5.12. The van der Waals surface area contributed by atoms with Crippen molar-refractivity contribution in [1.82, 2.24) is 14.5 Å². The van der Waals surface area contributed by atoms with Crippen LogP contribution in [0.1, 0.15) is 23.9 Å². The van der Waals surface area contributed by atoms with Crippen LogP contribution >= 0.6 is 0 Å². The summed E-state index contributed by atoms with van der Waals surface area (Å²) in [6.07, 6.45) is 0.347. The molecule has 0 atom stereocenters. The molecule has 1 fully saturated rings. The summed E-state index contributed by atoms with van der Waals surface area (Å²) < 4.78 is 40.6. The van der Waals surface area contributed by atoms with Crippen molar-refractivity contribution in [3.05, 3.63) is 63.9 Å².